The van der Waals surface area contributed by atoms with Gasteiger partial charge in [-0.05, 0) is 23.6 Å². The minimum atomic E-state index is -3.15. The second-order valence-electron chi connectivity index (χ2n) is 5.81. The molecule has 23 heavy (non-hydrogen) atoms. The van der Waals surface area contributed by atoms with E-state index in [2.05, 4.69) is 28.6 Å². The summed E-state index contributed by atoms with van der Waals surface area (Å²) in [4.78, 5) is 0.333. The zero-order chi connectivity index (χ0) is 17.0. The van der Waals surface area contributed by atoms with Crippen molar-refractivity contribution in [3.8, 4) is 0 Å². The van der Waals surface area contributed by atoms with E-state index in [-0.39, 0.29) is 0 Å². The fourth-order valence-electron chi connectivity index (χ4n) is 2.11. The Hall–Kier alpha value is -1.38. The van der Waals surface area contributed by atoms with Gasteiger partial charge < -0.3 is 10.3 Å². The molecule has 6 nitrogen and oxygen atoms in total. The van der Waals surface area contributed by atoms with E-state index in [0.29, 0.717) is 23.1 Å². The molecule has 8 heteroatoms. The predicted molar refractivity (Wildman–Crippen MR) is 91.9 cm³/mol. The summed E-state index contributed by atoms with van der Waals surface area (Å²) in [5, 5.41) is 9.19. The Morgan fingerprint density at radius 3 is 2.39 bits per heavy atom. The lowest BCUT2D eigenvalue weighted by Crippen LogP contribution is -2.12. The molecule has 0 atom stereocenters. The van der Waals surface area contributed by atoms with Crippen LogP contribution in [0.25, 0.3) is 0 Å². The molecule has 0 saturated carbocycles. The van der Waals surface area contributed by atoms with Gasteiger partial charge in [-0.1, -0.05) is 37.7 Å². The molecule has 0 aliphatic rings. The number of sulfone groups is 1. The maximum Gasteiger partial charge on any atom is 0.191 e. The molecular weight excluding hydrogens is 332 g/mol. The molecule has 1 aromatic carbocycles. The van der Waals surface area contributed by atoms with Crippen LogP contribution in [0.5, 0.6) is 0 Å². The first kappa shape index (κ1) is 18.0. The zero-order valence-corrected chi connectivity index (χ0v) is 15.2. The van der Waals surface area contributed by atoms with Crippen LogP contribution in [0.4, 0.5) is 0 Å². The maximum atomic E-state index is 11.5. The molecule has 2 aromatic rings. The normalized spacial score (nSPS) is 12.0. The van der Waals surface area contributed by atoms with Crippen molar-refractivity contribution in [2.75, 3.05) is 6.26 Å². The predicted octanol–water partition coefficient (Wildman–Crippen LogP) is 2.09. The number of benzene rings is 1. The van der Waals surface area contributed by atoms with Gasteiger partial charge in [0.1, 0.15) is 5.82 Å². The summed E-state index contributed by atoms with van der Waals surface area (Å²) in [6.45, 7) is 5.47. The first-order chi connectivity index (χ1) is 10.8. The Balaban J connectivity index is 2.10. The zero-order valence-electron chi connectivity index (χ0n) is 13.6. The van der Waals surface area contributed by atoms with Crippen LogP contribution in [-0.4, -0.2) is 29.4 Å². The lowest BCUT2D eigenvalue weighted by atomic mass is 10.2. The summed E-state index contributed by atoms with van der Waals surface area (Å²) in [7, 11) is -3.15. The highest BCUT2D eigenvalue weighted by atomic mass is 32.2. The van der Waals surface area contributed by atoms with Crippen LogP contribution < -0.4 is 5.73 Å². The number of aromatic nitrogens is 3. The third kappa shape index (κ3) is 4.79. The third-order valence-electron chi connectivity index (χ3n) is 3.24. The first-order valence-electron chi connectivity index (χ1n) is 7.35. The van der Waals surface area contributed by atoms with Gasteiger partial charge in [0.25, 0.3) is 0 Å². The SMILES string of the molecule is CC(C)Cn1c(CN)nnc1SCc1ccc(S(C)(=O)=O)cc1. The first-order valence-corrected chi connectivity index (χ1v) is 10.2. The average Bonchev–Trinajstić information content (AvgIpc) is 2.86. The summed E-state index contributed by atoms with van der Waals surface area (Å²) in [5.41, 5.74) is 6.75. The largest absolute Gasteiger partial charge is 0.324 e. The van der Waals surface area contributed by atoms with Crippen LogP contribution in [0.3, 0.4) is 0 Å². The minimum Gasteiger partial charge on any atom is -0.324 e. The number of hydrogen-bond donors (Lipinski definition) is 1. The fourth-order valence-corrected chi connectivity index (χ4v) is 3.66. The summed E-state index contributed by atoms with van der Waals surface area (Å²) in [6, 6.07) is 6.93. The van der Waals surface area contributed by atoms with E-state index in [1.54, 1.807) is 23.9 Å². The van der Waals surface area contributed by atoms with Crippen molar-refractivity contribution in [1.82, 2.24) is 14.8 Å². The number of nitrogens with zero attached hydrogens (tertiary/aromatic N) is 3. The monoisotopic (exact) mass is 354 g/mol. The van der Waals surface area contributed by atoms with E-state index in [4.69, 9.17) is 5.73 Å². The van der Waals surface area contributed by atoms with Gasteiger partial charge in [-0.15, -0.1) is 10.2 Å². The van der Waals surface area contributed by atoms with Gasteiger partial charge in [0, 0.05) is 18.6 Å². The second-order valence-corrected chi connectivity index (χ2v) is 8.77. The molecule has 0 bridgehead atoms. The van der Waals surface area contributed by atoms with E-state index < -0.39 is 9.84 Å². The standard InChI is InChI=1S/C15H22N4O2S2/c1-11(2)9-19-14(8-16)17-18-15(19)22-10-12-4-6-13(7-5-12)23(3,20)21/h4-7,11H,8-10,16H2,1-3H3. The van der Waals surface area contributed by atoms with Crippen molar-refractivity contribution in [1.29, 1.82) is 0 Å². The van der Waals surface area contributed by atoms with Crippen molar-refractivity contribution >= 4 is 21.6 Å². The Bertz CT molecular complexity index is 752. The molecule has 1 heterocycles. The molecule has 0 saturated heterocycles. The van der Waals surface area contributed by atoms with E-state index in [1.165, 1.54) is 6.26 Å². The molecule has 0 aliphatic carbocycles. The number of thioether (sulfide) groups is 1. The quantitative estimate of drug-likeness (QED) is 0.766. The molecule has 126 valence electrons. The molecule has 0 fully saturated rings. The molecule has 2 N–H and O–H groups in total. The van der Waals surface area contributed by atoms with Crippen LogP contribution in [0, 0.1) is 5.92 Å². The lowest BCUT2D eigenvalue weighted by molar-refractivity contribution is 0.480. The summed E-state index contributed by atoms with van der Waals surface area (Å²) >= 11 is 1.58. The Labute approximate surface area is 141 Å². The topological polar surface area (TPSA) is 90.9 Å². The van der Waals surface area contributed by atoms with Gasteiger partial charge in [-0.3, -0.25) is 0 Å². The average molecular weight is 355 g/mol. The van der Waals surface area contributed by atoms with Gasteiger partial charge in [0.05, 0.1) is 11.4 Å². The molecule has 0 radical (unpaired) electrons. The molecule has 0 unspecified atom stereocenters. The minimum absolute atomic E-state index is 0.333. The van der Waals surface area contributed by atoms with Gasteiger partial charge in [-0.2, -0.15) is 0 Å². The van der Waals surface area contributed by atoms with Gasteiger partial charge >= 0.3 is 0 Å². The van der Waals surface area contributed by atoms with E-state index in [9.17, 15) is 8.42 Å². The van der Waals surface area contributed by atoms with Gasteiger partial charge in [-0.25, -0.2) is 8.42 Å². The number of nitrogens with two attached hydrogens (primary N) is 1. The molecule has 0 aliphatic heterocycles. The maximum absolute atomic E-state index is 11.5. The highest BCUT2D eigenvalue weighted by molar-refractivity contribution is 7.98. The molecule has 0 amide bonds. The second kappa shape index (κ2) is 7.46. The highest BCUT2D eigenvalue weighted by Gasteiger charge is 2.13. The summed E-state index contributed by atoms with van der Waals surface area (Å²) in [6.07, 6.45) is 1.21. The third-order valence-corrected chi connectivity index (χ3v) is 5.41. The highest BCUT2D eigenvalue weighted by Crippen LogP contribution is 2.23. The van der Waals surface area contributed by atoms with E-state index >= 15 is 0 Å². The van der Waals surface area contributed by atoms with Crippen LogP contribution in [0.15, 0.2) is 34.3 Å². The lowest BCUT2D eigenvalue weighted by Gasteiger charge is -2.11. The van der Waals surface area contributed by atoms with Crippen LogP contribution in [0.2, 0.25) is 0 Å². The Morgan fingerprint density at radius 1 is 1.22 bits per heavy atom. The van der Waals surface area contributed by atoms with E-state index in [0.717, 1.165) is 23.1 Å². The fraction of sp³-hybridized carbons (Fsp3) is 0.467. The Morgan fingerprint density at radius 2 is 1.87 bits per heavy atom. The van der Waals surface area contributed by atoms with Crippen LogP contribution in [-0.2, 0) is 28.7 Å². The Kier molecular flexibility index (Phi) is 5.83. The van der Waals surface area contributed by atoms with Crippen molar-refractivity contribution in [2.24, 2.45) is 11.7 Å². The molecule has 1 aromatic heterocycles. The summed E-state index contributed by atoms with van der Waals surface area (Å²) < 4.78 is 25.0. The molecule has 2 rings (SSSR count). The smallest absolute Gasteiger partial charge is 0.191 e. The van der Waals surface area contributed by atoms with Gasteiger partial charge in [0.2, 0.25) is 0 Å². The van der Waals surface area contributed by atoms with Crippen molar-refractivity contribution in [3.05, 3.63) is 35.7 Å². The van der Waals surface area contributed by atoms with Crippen molar-refractivity contribution in [2.45, 2.75) is 42.7 Å². The summed E-state index contributed by atoms with van der Waals surface area (Å²) in [5.74, 6) is 1.96. The van der Waals surface area contributed by atoms with Crippen LogP contribution in [0.1, 0.15) is 25.2 Å². The number of hydrogen-bond acceptors (Lipinski definition) is 6. The van der Waals surface area contributed by atoms with Crippen molar-refractivity contribution < 1.29 is 8.42 Å². The molecular formula is C15H22N4O2S2. The van der Waals surface area contributed by atoms with Crippen LogP contribution >= 0.6 is 11.8 Å². The van der Waals surface area contributed by atoms with Gasteiger partial charge in [0.15, 0.2) is 15.0 Å². The van der Waals surface area contributed by atoms with Crippen molar-refractivity contribution in [3.63, 3.8) is 0 Å². The molecule has 0 spiro atoms. The van der Waals surface area contributed by atoms with E-state index in [1.807, 2.05) is 12.1 Å². The number of rotatable bonds is 7.